The third-order valence-corrected chi connectivity index (χ3v) is 3.08. The molecule has 1 amide bonds. The zero-order chi connectivity index (χ0) is 14.7. The summed E-state index contributed by atoms with van der Waals surface area (Å²) < 4.78 is 0.778. The maximum atomic E-state index is 11.9. The SMILES string of the molecule is Cc1cc(NC(=O)c2ccc(Br)cn2)ccc1[N+](=O)[O-]. The van der Waals surface area contributed by atoms with E-state index in [1.54, 1.807) is 25.1 Å². The highest BCUT2D eigenvalue weighted by Crippen LogP contribution is 2.21. The highest BCUT2D eigenvalue weighted by atomic mass is 79.9. The number of nitrogens with one attached hydrogen (secondary N) is 1. The van der Waals surface area contributed by atoms with Crippen molar-refractivity contribution in [2.24, 2.45) is 0 Å². The van der Waals surface area contributed by atoms with Gasteiger partial charge in [0.1, 0.15) is 5.69 Å². The topological polar surface area (TPSA) is 85.1 Å². The van der Waals surface area contributed by atoms with Crippen LogP contribution in [-0.4, -0.2) is 15.8 Å². The Morgan fingerprint density at radius 3 is 2.65 bits per heavy atom. The van der Waals surface area contributed by atoms with Crippen LogP contribution in [-0.2, 0) is 0 Å². The van der Waals surface area contributed by atoms with E-state index in [4.69, 9.17) is 0 Å². The quantitative estimate of drug-likeness (QED) is 0.688. The van der Waals surface area contributed by atoms with Crippen LogP contribution < -0.4 is 5.32 Å². The fourth-order valence-electron chi connectivity index (χ4n) is 1.64. The molecule has 0 aliphatic rings. The van der Waals surface area contributed by atoms with E-state index in [0.29, 0.717) is 11.3 Å². The number of amides is 1. The predicted octanol–water partition coefficient (Wildman–Crippen LogP) is 3.31. The number of carbonyl (C=O) groups excluding carboxylic acids is 1. The number of nitrogens with zero attached hydrogens (tertiary/aromatic N) is 2. The summed E-state index contributed by atoms with van der Waals surface area (Å²) in [5.74, 6) is -0.370. The average Bonchev–Trinajstić information content (AvgIpc) is 2.39. The Labute approximate surface area is 123 Å². The Kier molecular flexibility index (Phi) is 4.09. The fraction of sp³-hybridized carbons (Fsp3) is 0.0769. The van der Waals surface area contributed by atoms with Crippen LogP contribution in [0.2, 0.25) is 0 Å². The van der Waals surface area contributed by atoms with Crippen molar-refractivity contribution in [3.63, 3.8) is 0 Å². The first kappa shape index (κ1) is 14.1. The van der Waals surface area contributed by atoms with Gasteiger partial charge < -0.3 is 5.32 Å². The normalized spacial score (nSPS) is 10.1. The number of anilines is 1. The van der Waals surface area contributed by atoms with E-state index < -0.39 is 4.92 Å². The van der Waals surface area contributed by atoms with Crippen molar-refractivity contribution in [2.45, 2.75) is 6.92 Å². The van der Waals surface area contributed by atoms with E-state index in [1.165, 1.54) is 18.3 Å². The van der Waals surface area contributed by atoms with Crippen molar-refractivity contribution in [1.82, 2.24) is 4.98 Å². The van der Waals surface area contributed by atoms with Crippen LogP contribution >= 0.6 is 15.9 Å². The highest BCUT2D eigenvalue weighted by Gasteiger charge is 2.12. The molecule has 7 heteroatoms. The van der Waals surface area contributed by atoms with Crippen LogP contribution in [0.1, 0.15) is 16.1 Å². The molecule has 0 fully saturated rings. The van der Waals surface area contributed by atoms with Gasteiger partial charge in [-0.15, -0.1) is 0 Å². The number of hydrogen-bond acceptors (Lipinski definition) is 4. The minimum Gasteiger partial charge on any atom is -0.321 e. The second-order valence-corrected chi connectivity index (χ2v) is 4.99. The van der Waals surface area contributed by atoms with Gasteiger partial charge in [-0.05, 0) is 47.1 Å². The van der Waals surface area contributed by atoms with Gasteiger partial charge in [0, 0.05) is 28.0 Å². The molecule has 1 aromatic carbocycles. The minimum atomic E-state index is -0.461. The number of rotatable bonds is 3. The van der Waals surface area contributed by atoms with Crippen molar-refractivity contribution in [1.29, 1.82) is 0 Å². The Morgan fingerprint density at radius 2 is 2.10 bits per heavy atom. The molecule has 0 radical (unpaired) electrons. The molecule has 0 unspecified atom stereocenters. The second kappa shape index (κ2) is 5.79. The number of aryl methyl sites for hydroxylation is 1. The summed E-state index contributed by atoms with van der Waals surface area (Å²) in [5, 5.41) is 13.4. The summed E-state index contributed by atoms with van der Waals surface area (Å²) in [4.78, 5) is 26.2. The van der Waals surface area contributed by atoms with Crippen LogP contribution in [0.25, 0.3) is 0 Å². The van der Waals surface area contributed by atoms with Gasteiger partial charge in [-0.2, -0.15) is 0 Å². The number of pyridine rings is 1. The number of aromatic nitrogens is 1. The molecule has 1 N–H and O–H groups in total. The van der Waals surface area contributed by atoms with Crippen molar-refractivity contribution in [3.05, 3.63) is 62.4 Å². The van der Waals surface area contributed by atoms with Gasteiger partial charge in [0.25, 0.3) is 11.6 Å². The molecular weight excluding hydrogens is 326 g/mol. The summed E-state index contributed by atoms with van der Waals surface area (Å²) in [6.45, 7) is 1.62. The Hall–Kier alpha value is -2.28. The van der Waals surface area contributed by atoms with Crippen LogP contribution in [0.15, 0.2) is 41.0 Å². The summed E-state index contributed by atoms with van der Waals surface area (Å²) in [5.41, 5.74) is 1.26. The molecule has 6 nitrogen and oxygen atoms in total. The Balaban J connectivity index is 2.18. The first-order valence-electron chi connectivity index (χ1n) is 5.65. The number of nitro benzene ring substituents is 1. The molecular formula is C13H10BrN3O3. The molecule has 102 valence electrons. The first-order valence-corrected chi connectivity index (χ1v) is 6.44. The van der Waals surface area contributed by atoms with Crippen LogP contribution in [0, 0.1) is 17.0 Å². The molecule has 1 heterocycles. The second-order valence-electron chi connectivity index (χ2n) is 4.07. The fourth-order valence-corrected chi connectivity index (χ4v) is 1.88. The summed E-state index contributed by atoms with van der Waals surface area (Å²) in [7, 11) is 0. The van der Waals surface area contributed by atoms with Crippen molar-refractivity contribution < 1.29 is 9.72 Å². The van der Waals surface area contributed by atoms with Gasteiger partial charge in [-0.3, -0.25) is 14.9 Å². The lowest BCUT2D eigenvalue weighted by atomic mass is 10.2. The van der Waals surface area contributed by atoms with Crippen molar-refractivity contribution in [3.8, 4) is 0 Å². The Bertz CT molecular complexity index is 671. The minimum absolute atomic E-state index is 0.0183. The van der Waals surface area contributed by atoms with Gasteiger partial charge in [-0.1, -0.05) is 0 Å². The number of hydrogen-bond donors (Lipinski definition) is 1. The maximum Gasteiger partial charge on any atom is 0.274 e. The Morgan fingerprint density at radius 1 is 1.35 bits per heavy atom. The van der Waals surface area contributed by atoms with Crippen LogP contribution in [0.3, 0.4) is 0 Å². The van der Waals surface area contributed by atoms with E-state index in [0.717, 1.165) is 4.47 Å². The third kappa shape index (κ3) is 3.18. The van der Waals surface area contributed by atoms with Crippen molar-refractivity contribution >= 4 is 33.2 Å². The number of halogens is 1. The zero-order valence-corrected chi connectivity index (χ0v) is 12.0. The molecule has 0 aliphatic carbocycles. The molecule has 0 atom stereocenters. The van der Waals surface area contributed by atoms with Gasteiger partial charge >= 0.3 is 0 Å². The molecule has 0 aliphatic heterocycles. The number of benzene rings is 1. The molecule has 0 saturated carbocycles. The zero-order valence-electron chi connectivity index (χ0n) is 10.5. The first-order chi connectivity index (χ1) is 9.47. The van der Waals surface area contributed by atoms with E-state index in [1.807, 2.05) is 0 Å². The molecule has 0 saturated heterocycles. The molecule has 0 spiro atoms. The molecule has 0 bridgehead atoms. The summed E-state index contributed by atoms with van der Waals surface area (Å²) >= 11 is 3.23. The lowest BCUT2D eigenvalue weighted by Gasteiger charge is -2.06. The van der Waals surface area contributed by atoms with Crippen molar-refractivity contribution in [2.75, 3.05) is 5.32 Å². The molecule has 20 heavy (non-hydrogen) atoms. The lowest BCUT2D eigenvalue weighted by molar-refractivity contribution is -0.385. The van der Waals surface area contributed by atoms with Gasteiger partial charge in [0.05, 0.1) is 4.92 Å². The highest BCUT2D eigenvalue weighted by molar-refractivity contribution is 9.10. The van der Waals surface area contributed by atoms with Gasteiger partial charge in [-0.25, -0.2) is 4.98 Å². The van der Waals surface area contributed by atoms with Crippen LogP contribution in [0.5, 0.6) is 0 Å². The maximum absolute atomic E-state index is 11.9. The van der Waals surface area contributed by atoms with E-state index in [-0.39, 0.29) is 17.3 Å². The molecule has 2 rings (SSSR count). The lowest BCUT2D eigenvalue weighted by Crippen LogP contribution is -2.13. The van der Waals surface area contributed by atoms with Gasteiger partial charge in [0.15, 0.2) is 0 Å². The summed E-state index contributed by atoms with van der Waals surface area (Å²) in [6.07, 6.45) is 1.52. The summed E-state index contributed by atoms with van der Waals surface area (Å²) in [6, 6.07) is 7.69. The largest absolute Gasteiger partial charge is 0.321 e. The molecule has 2 aromatic rings. The van der Waals surface area contributed by atoms with E-state index in [2.05, 4.69) is 26.2 Å². The monoisotopic (exact) mass is 335 g/mol. The number of nitro groups is 1. The number of carbonyl (C=O) groups is 1. The standard InChI is InChI=1S/C13H10BrN3O3/c1-8-6-10(3-5-12(8)17(19)20)16-13(18)11-4-2-9(14)7-15-11/h2-7H,1H3,(H,16,18). The smallest absolute Gasteiger partial charge is 0.274 e. The average molecular weight is 336 g/mol. The predicted molar refractivity (Wildman–Crippen MR) is 77.7 cm³/mol. The van der Waals surface area contributed by atoms with E-state index in [9.17, 15) is 14.9 Å². The van der Waals surface area contributed by atoms with Crippen LogP contribution in [0.4, 0.5) is 11.4 Å². The van der Waals surface area contributed by atoms with E-state index >= 15 is 0 Å². The molecule has 1 aromatic heterocycles. The third-order valence-electron chi connectivity index (χ3n) is 2.61. The van der Waals surface area contributed by atoms with Gasteiger partial charge in [0.2, 0.25) is 0 Å².